The summed E-state index contributed by atoms with van der Waals surface area (Å²) in [5, 5.41) is 3.33. The smallest absolute Gasteiger partial charge is 0.137 e. The van der Waals surface area contributed by atoms with Crippen molar-refractivity contribution in [1.82, 2.24) is 14.7 Å². The number of hydrogen-bond acceptors (Lipinski definition) is 3. The molecule has 0 aliphatic heterocycles. The molecule has 0 atom stereocenters. The Balaban J connectivity index is 1.87. The molecule has 114 valence electrons. The predicted molar refractivity (Wildman–Crippen MR) is 89.2 cm³/mol. The van der Waals surface area contributed by atoms with Gasteiger partial charge in [-0.3, -0.25) is 0 Å². The predicted octanol–water partition coefficient (Wildman–Crippen LogP) is 3.51. The molecule has 22 heavy (non-hydrogen) atoms. The Morgan fingerprint density at radius 2 is 1.95 bits per heavy atom. The van der Waals surface area contributed by atoms with Crippen molar-refractivity contribution in [2.75, 3.05) is 13.2 Å². The van der Waals surface area contributed by atoms with Gasteiger partial charge in [0.1, 0.15) is 11.4 Å². The van der Waals surface area contributed by atoms with E-state index in [1.54, 1.807) is 0 Å². The first-order chi connectivity index (χ1) is 10.8. The third-order valence-electron chi connectivity index (χ3n) is 3.56. The summed E-state index contributed by atoms with van der Waals surface area (Å²) >= 11 is 0. The van der Waals surface area contributed by atoms with Crippen LogP contribution in [0.2, 0.25) is 0 Å². The summed E-state index contributed by atoms with van der Waals surface area (Å²) in [4.78, 5) is 4.72. The lowest BCUT2D eigenvalue weighted by Gasteiger charge is -2.02. The van der Waals surface area contributed by atoms with E-state index in [1.165, 1.54) is 5.56 Å². The molecule has 0 unspecified atom stereocenters. The first kappa shape index (κ1) is 14.6. The van der Waals surface area contributed by atoms with E-state index in [9.17, 15) is 0 Å². The summed E-state index contributed by atoms with van der Waals surface area (Å²) in [6, 6.07) is 12.3. The van der Waals surface area contributed by atoms with Crippen LogP contribution in [-0.2, 0) is 6.54 Å². The van der Waals surface area contributed by atoms with Gasteiger partial charge in [0.05, 0.1) is 12.3 Å². The summed E-state index contributed by atoms with van der Waals surface area (Å²) in [5.74, 6) is 0.892. The summed E-state index contributed by atoms with van der Waals surface area (Å²) in [6.45, 7) is 6.62. The number of benzene rings is 1. The molecule has 2 aromatic heterocycles. The van der Waals surface area contributed by atoms with Gasteiger partial charge in [-0.2, -0.15) is 0 Å². The lowest BCUT2D eigenvalue weighted by molar-refractivity contribution is 0.340. The van der Waals surface area contributed by atoms with Crippen molar-refractivity contribution in [3.63, 3.8) is 0 Å². The lowest BCUT2D eigenvalue weighted by atomic mass is 10.2. The minimum Gasteiger partial charge on any atom is -0.494 e. The highest BCUT2D eigenvalue weighted by Gasteiger charge is 2.05. The number of aromatic nitrogens is 2. The van der Waals surface area contributed by atoms with Crippen LogP contribution in [0.15, 0.2) is 48.8 Å². The van der Waals surface area contributed by atoms with E-state index in [0.29, 0.717) is 6.61 Å². The van der Waals surface area contributed by atoms with E-state index in [-0.39, 0.29) is 0 Å². The van der Waals surface area contributed by atoms with Gasteiger partial charge in [-0.25, -0.2) is 4.98 Å². The normalized spacial score (nSPS) is 11.0. The van der Waals surface area contributed by atoms with Crippen LogP contribution in [0, 0.1) is 0 Å². The van der Waals surface area contributed by atoms with Crippen LogP contribution >= 0.6 is 0 Å². The number of pyridine rings is 1. The average molecular weight is 295 g/mol. The number of fused-ring (bicyclic) bond motifs is 1. The molecule has 0 bridgehead atoms. The van der Waals surface area contributed by atoms with Crippen molar-refractivity contribution in [2.24, 2.45) is 0 Å². The molecular formula is C18H21N3O. The van der Waals surface area contributed by atoms with E-state index in [4.69, 9.17) is 9.72 Å². The van der Waals surface area contributed by atoms with Crippen LogP contribution in [0.25, 0.3) is 16.9 Å². The molecule has 1 N–H and O–H groups in total. The van der Waals surface area contributed by atoms with E-state index in [1.807, 2.05) is 31.2 Å². The minimum absolute atomic E-state index is 0.683. The van der Waals surface area contributed by atoms with Gasteiger partial charge in [-0.05, 0) is 55.4 Å². The molecule has 3 aromatic rings. The van der Waals surface area contributed by atoms with Gasteiger partial charge in [0.25, 0.3) is 0 Å². The van der Waals surface area contributed by atoms with Crippen molar-refractivity contribution < 1.29 is 4.74 Å². The molecule has 0 saturated carbocycles. The summed E-state index contributed by atoms with van der Waals surface area (Å²) in [7, 11) is 0. The van der Waals surface area contributed by atoms with Crippen molar-refractivity contribution in [1.29, 1.82) is 0 Å². The topological polar surface area (TPSA) is 38.6 Å². The molecule has 0 fully saturated rings. The Morgan fingerprint density at radius 1 is 1.14 bits per heavy atom. The van der Waals surface area contributed by atoms with Crippen LogP contribution in [0.4, 0.5) is 0 Å². The number of rotatable bonds is 6. The fourth-order valence-electron chi connectivity index (χ4n) is 2.43. The monoisotopic (exact) mass is 295 g/mol. The lowest BCUT2D eigenvalue weighted by Crippen LogP contribution is -2.11. The molecule has 2 heterocycles. The highest BCUT2D eigenvalue weighted by molar-refractivity contribution is 5.63. The Labute approximate surface area is 130 Å². The summed E-state index contributed by atoms with van der Waals surface area (Å²) in [6.07, 6.45) is 4.12. The Bertz CT molecular complexity index is 747. The Kier molecular flexibility index (Phi) is 4.39. The molecule has 0 saturated heterocycles. The molecule has 0 radical (unpaired) electrons. The molecule has 0 aliphatic carbocycles. The Morgan fingerprint density at radius 3 is 2.68 bits per heavy atom. The zero-order valence-corrected chi connectivity index (χ0v) is 13.0. The molecule has 1 aromatic carbocycles. The summed E-state index contributed by atoms with van der Waals surface area (Å²) < 4.78 is 7.53. The first-order valence-corrected chi connectivity index (χ1v) is 7.71. The van der Waals surface area contributed by atoms with E-state index in [0.717, 1.165) is 35.7 Å². The zero-order chi connectivity index (χ0) is 15.4. The van der Waals surface area contributed by atoms with Crippen molar-refractivity contribution >= 4 is 5.65 Å². The molecule has 0 aliphatic rings. The highest BCUT2D eigenvalue weighted by atomic mass is 16.5. The van der Waals surface area contributed by atoms with Crippen LogP contribution in [0.3, 0.4) is 0 Å². The number of ether oxygens (including phenoxy) is 1. The molecule has 0 amide bonds. The maximum Gasteiger partial charge on any atom is 0.137 e. The van der Waals surface area contributed by atoms with Crippen molar-refractivity contribution in [3.05, 3.63) is 54.4 Å². The van der Waals surface area contributed by atoms with Gasteiger partial charge in [-0.1, -0.05) is 6.92 Å². The molecule has 0 spiro atoms. The third kappa shape index (κ3) is 3.12. The fourth-order valence-corrected chi connectivity index (χ4v) is 2.43. The van der Waals surface area contributed by atoms with Gasteiger partial charge in [0.2, 0.25) is 0 Å². The number of imidazole rings is 1. The standard InChI is InChI=1S/C18H21N3O/c1-3-19-12-14-9-10-21-13-17(20-18(21)11-14)15-5-7-16(8-6-15)22-4-2/h5-11,13,19H,3-4,12H2,1-2H3. The largest absolute Gasteiger partial charge is 0.494 e. The number of hydrogen-bond donors (Lipinski definition) is 1. The molecule has 4 heteroatoms. The second kappa shape index (κ2) is 6.62. The average Bonchev–Trinajstić information content (AvgIpc) is 2.97. The third-order valence-corrected chi connectivity index (χ3v) is 3.56. The summed E-state index contributed by atoms with van der Waals surface area (Å²) in [5.41, 5.74) is 4.29. The van der Waals surface area contributed by atoms with Gasteiger partial charge in [0.15, 0.2) is 0 Å². The number of nitrogens with zero attached hydrogens (tertiary/aromatic N) is 2. The van der Waals surface area contributed by atoms with Crippen molar-refractivity contribution in [2.45, 2.75) is 20.4 Å². The van der Waals surface area contributed by atoms with Gasteiger partial charge < -0.3 is 14.5 Å². The quantitative estimate of drug-likeness (QED) is 0.756. The molecular weight excluding hydrogens is 274 g/mol. The van der Waals surface area contributed by atoms with Gasteiger partial charge in [0, 0.05) is 24.5 Å². The SMILES string of the molecule is CCNCc1ccn2cc(-c3ccc(OCC)cc3)nc2c1. The maximum atomic E-state index is 5.48. The maximum absolute atomic E-state index is 5.48. The zero-order valence-electron chi connectivity index (χ0n) is 13.0. The second-order valence-electron chi connectivity index (χ2n) is 5.16. The minimum atomic E-state index is 0.683. The van der Waals surface area contributed by atoms with Crippen molar-refractivity contribution in [3.8, 4) is 17.0 Å². The van der Waals surface area contributed by atoms with Crippen LogP contribution in [0.1, 0.15) is 19.4 Å². The molecule has 4 nitrogen and oxygen atoms in total. The van der Waals surface area contributed by atoms with Crippen LogP contribution in [-0.4, -0.2) is 22.5 Å². The fraction of sp³-hybridized carbons (Fsp3) is 0.278. The van der Waals surface area contributed by atoms with E-state index < -0.39 is 0 Å². The van der Waals surface area contributed by atoms with E-state index in [2.05, 4.69) is 41.2 Å². The van der Waals surface area contributed by atoms with Crippen LogP contribution < -0.4 is 10.1 Å². The molecule has 3 rings (SSSR count). The van der Waals surface area contributed by atoms with Gasteiger partial charge >= 0.3 is 0 Å². The van der Waals surface area contributed by atoms with E-state index >= 15 is 0 Å². The number of nitrogens with one attached hydrogen (secondary N) is 1. The second-order valence-corrected chi connectivity index (χ2v) is 5.16. The van der Waals surface area contributed by atoms with Gasteiger partial charge in [-0.15, -0.1) is 0 Å². The Hall–Kier alpha value is -2.33. The van der Waals surface area contributed by atoms with Crippen LogP contribution in [0.5, 0.6) is 5.75 Å². The first-order valence-electron chi connectivity index (χ1n) is 7.71. The highest BCUT2D eigenvalue weighted by Crippen LogP contribution is 2.22.